The lowest BCUT2D eigenvalue weighted by atomic mass is 9.98. The SMILES string of the molecule is CCCCC1CC(=O)c2cc(Cl)ccc2O1. The molecule has 86 valence electrons. The minimum Gasteiger partial charge on any atom is -0.489 e. The maximum atomic E-state index is 11.9. The molecule has 1 aromatic rings. The molecule has 0 fully saturated rings. The van der Waals surface area contributed by atoms with Crippen molar-refractivity contribution in [1.29, 1.82) is 0 Å². The van der Waals surface area contributed by atoms with E-state index in [1.54, 1.807) is 18.2 Å². The third-order valence-electron chi connectivity index (χ3n) is 2.83. The number of hydrogen-bond acceptors (Lipinski definition) is 2. The first-order valence-corrected chi connectivity index (χ1v) is 6.08. The number of hydrogen-bond donors (Lipinski definition) is 0. The summed E-state index contributed by atoms with van der Waals surface area (Å²) < 4.78 is 5.78. The fraction of sp³-hybridized carbons (Fsp3) is 0.462. The van der Waals surface area contributed by atoms with Gasteiger partial charge in [-0.3, -0.25) is 4.79 Å². The molecule has 0 spiro atoms. The fourth-order valence-corrected chi connectivity index (χ4v) is 2.13. The zero-order valence-corrected chi connectivity index (χ0v) is 10.1. The van der Waals surface area contributed by atoms with Crippen LogP contribution in [0, 0.1) is 0 Å². The maximum absolute atomic E-state index is 11.9. The average molecular weight is 239 g/mol. The first kappa shape index (κ1) is 11.5. The Labute approximate surface area is 101 Å². The number of unbranched alkanes of at least 4 members (excludes halogenated alkanes) is 1. The second-order valence-corrected chi connectivity index (χ2v) is 4.59. The molecule has 2 nitrogen and oxygen atoms in total. The Bertz CT molecular complexity index is 401. The first-order valence-electron chi connectivity index (χ1n) is 5.70. The van der Waals surface area contributed by atoms with Gasteiger partial charge < -0.3 is 4.74 Å². The monoisotopic (exact) mass is 238 g/mol. The molecular weight excluding hydrogens is 224 g/mol. The number of ketones is 1. The van der Waals surface area contributed by atoms with Gasteiger partial charge in [-0.05, 0) is 24.6 Å². The van der Waals surface area contributed by atoms with E-state index in [9.17, 15) is 4.79 Å². The smallest absolute Gasteiger partial charge is 0.170 e. The molecule has 0 aliphatic carbocycles. The molecule has 1 atom stereocenters. The van der Waals surface area contributed by atoms with Gasteiger partial charge in [0, 0.05) is 11.4 Å². The summed E-state index contributed by atoms with van der Waals surface area (Å²) >= 11 is 5.85. The highest BCUT2D eigenvalue weighted by Gasteiger charge is 2.25. The third kappa shape index (κ3) is 2.38. The second kappa shape index (κ2) is 4.88. The Kier molecular flexibility index (Phi) is 3.49. The quantitative estimate of drug-likeness (QED) is 0.799. The topological polar surface area (TPSA) is 26.3 Å². The highest BCUT2D eigenvalue weighted by atomic mass is 35.5. The Morgan fingerprint density at radius 2 is 2.31 bits per heavy atom. The average Bonchev–Trinajstić information content (AvgIpc) is 2.27. The third-order valence-corrected chi connectivity index (χ3v) is 3.06. The highest BCUT2D eigenvalue weighted by Crippen LogP contribution is 2.31. The van der Waals surface area contributed by atoms with Crippen molar-refractivity contribution in [3.63, 3.8) is 0 Å². The molecule has 0 aromatic heterocycles. The normalized spacial score (nSPS) is 19.1. The molecule has 2 rings (SSSR count). The van der Waals surface area contributed by atoms with Crippen molar-refractivity contribution >= 4 is 17.4 Å². The van der Waals surface area contributed by atoms with Gasteiger partial charge in [0.15, 0.2) is 5.78 Å². The van der Waals surface area contributed by atoms with Gasteiger partial charge in [0.05, 0.1) is 5.56 Å². The van der Waals surface area contributed by atoms with Gasteiger partial charge in [-0.1, -0.05) is 31.4 Å². The molecule has 0 saturated heterocycles. The predicted octanol–water partition coefficient (Wildman–Crippen LogP) is 3.86. The minimum atomic E-state index is 0.0427. The van der Waals surface area contributed by atoms with E-state index in [-0.39, 0.29) is 11.9 Å². The molecule has 1 aliphatic heterocycles. The van der Waals surface area contributed by atoms with E-state index in [1.807, 2.05) is 0 Å². The van der Waals surface area contributed by atoms with Crippen molar-refractivity contribution in [2.75, 3.05) is 0 Å². The number of carbonyl (C=O) groups excluding carboxylic acids is 1. The fourth-order valence-electron chi connectivity index (χ4n) is 1.95. The summed E-state index contributed by atoms with van der Waals surface area (Å²) in [6.45, 7) is 2.14. The molecule has 0 N–H and O–H groups in total. The Morgan fingerprint density at radius 1 is 1.50 bits per heavy atom. The predicted molar refractivity (Wildman–Crippen MR) is 64.3 cm³/mol. The Balaban J connectivity index is 2.17. The van der Waals surface area contributed by atoms with Crippen LogP contribution >= 0.6 is 11.6 Å². The molecule has 0 radical (unpaired) electrons. The van der Waals surface area contributed by atoms with Gasteiger partial charge in [0.2, 0.25) is 0 Å². The van der Waals surface area contributed by atoms with E-state index in [1.165, 1.54) is 0 Å². The Hall–Kier alpha value is -1.02. The van der Waals surface area contributed by atoms with E-state index in [0.29, 0.717) is 22.8 Å². The van der Waals surface area contributed by atoms with Crippen LogP contribution in [0.2, 0.25) is 5.02 Å². The minimum absolute atomic E-state index is 0.0427. The van der Waals surface area contributed by atoms with Crippen LogP contribution in [0.15, 0.2) is 18.2 Å². The van der Waals surface area contributed by atoms with Crippen LogP contribution < -0.4 is 4.74 Å². The van der Waals surface area contributed by atoms with Crippen LogP contribution in [-0.2, 0) is 0 Å². The van der Waals surface area contributed by atoms with E-state index in [4.69, 9.17) is 16.3 Å². The van der Waals surface area contributed by atoms with Crippen molar-refractivity contribution in [2.24, 2.45) is 0 Å². The summed E-state index contributed by atoms with van der Waals surface area (Å²) in [5.41, 5.74) is 0.625. The molecule has 1 aromatic carbocycles. The highest BCUT2D eigenvalue weighted by molar-refractivity contribution is 6.31. The molecule has 0 saturated carbocycles. The van der Waals surface area contributed by atoms with E-state index in [2.05, 4.69) is 6.92 Å². The van der Waals surface area contributed by atoms with Crippen LogP contribution in [-0.4, -0.2) is 11.9 Å². The molecule has 1 heterocycles. The van der Waals surface area contributed by atoms with Gasteiger partial charge in [-0.2, -0.15) is 0 Å². The largest absolute Gasteiger partial charge is 0.489 e. The number of Topliss-reactive ketones (excluding diaryl/α,β-unsaturated/α-hetero) is 1. The van der Waals surface area contributed by atoms with Gasteiger partial charge in [0.25, 0.3) is 0 Å². The molecule has 0 bridgehead atoms. The summed E-state index contributed by atoms with van der Waals surface area (Å²) in [6, 6.07) is 5.23. The molecule has 1 aliphatic rings. The zero-order chi connectivity index (χ0) is 11.5. The van der Waals surface area contributed by atoms with Crippen molar-refractivity contribution in [1.82, 2.24) is 0 Å². The van der Waals surface area contributed by atoms with E-state index < -0.39 is 0 Å². The molecule has 3 heteroatoms. The van der Waals surface area contributed by atoms with Crippen LogP contribution in [0.25, 0.3) is 0 Å². The standard InChI is InChI=1S/C13H15ClO2/c1-2-3-4-10-8-12(15)11-7-9(14)5-6-13(11)16-10/h5-7,10H,2-4,8H2,1H3. The van der Waals surface area contributed by atoms with Crippen LogP contribution in [0.5, 0.6) is 5.75 Å². The van der Waals surface area contributed by atoms with E-state index >= 15 is 0 Å². The first-order chi connectivity index (χ1) is 7.70. The zero-order valence-electron chi connectivity index (χ0n) is 9.33. The number of fused-ring (bicyclic) bond motifs is 1. The lowest BCUT2D eigenvalue weighted by molar-refractivity contribution is 0.0836. The Morgan fingerprint density at radius 3 is 3.06 bits per heavy atom. The molecule has 1 unspecified atom stereocenters. The summed E-state index contributed by atoms with van der Waals surface area (Å²) in [4.78, 5) is 11.9. The van der Waals surface area contributed by atoms with Crippen molar-refractivity contribution in [3.8, 4) is 5.75 Å². The van der Waals surface area contributed by atoms with Crippen molar-refractivity contribution in [3.05, 3.63) is 28.8 Å². The van der Waals surface area contributed by atoms with Gasteiger partial charge in [0.1, 0.15) is 11.9 Å². The lowest BCUT2D eigenvalue weighted by Gasteiger charge is -2.25. The molecular formula is C13H15ClO2. The summed E-state index contributed by atoms with van der Waals surface area (Å²) in [5.74, 6) is 0.826. The van der Waals surface area contributed by atoms with Gasteiger partial charge in [-0.15, -0.1) is 0 Å². The number of ether oxygens (including phenoxy) is 1. The van der Waals surface area contributed by atoms with E-state index in [0.717, 1.165) is 19.3 Å². The molecule has 16 heavy (non-hydrogen) atoms. The summed E-state index contributed by atoms with van der Waals surface area (Å²) in [7, 11) is 0. The number of rotatable bonds is 3. The van der Waals surface area contributed by atoms with Gasteiger partial charge >= 0.3 is 0 Å². The van der Waals surface area contributed by atoms with Crippen LogP contribution in [0.3, 0.4) is 0 Å². The summed E-state index contributed by atoms with van der Waals surface area (Å²) in [5, 5.41) is 0.586. The maximum Gasteiger partial charge on any atom is 0.170 e. The second-order valence-electron chi connectivity index (χ2n) is 4.15. The van der Waals surface area contributed by atoms with Crippen molar-refractivity contribution in [2.45, 2.75) is 38.7 Å². The summed E-state index contributed by atoms with van der Waals surface area (Å²) in [6.07, 6.45) is 3.70. The van der Waals surface area contributed by atoms with Crippen molar-refractivity contribution < 1.29 is 9.53 Å². The van der Waals surface area contributed by atoms with Gasteiger partial charge in [-0.25, -0.2) is 0 Å². The van der Waals surface area contributed by atoms with Crippen LogP contribution in [0.1, 0.15) is 43.0 Å². The lowest BCUT2D eigenvalue weighted by Crippen LogP contribution is -2.26. The number of benzene rings is 1. The number of carbonyl (C=O) groups is 1. The van der Waals surface area contributed by atoms with Crippen LogP contribution in [0.4, 0.5) is 0 Å². The number of halogens is 1. The molecule has 0 amide bonds.